The molecule has 0 spiro atoms. The van der Waals surface area contributed by atoms with Gasteiger partial charge in [0.25, 0.3) is 0 Å². The first-order valence-corrected chi connectivity index (χ1v) is 8.76. The number of nitrogens with two attached hydrogens (primary N) is 1. The molecule has 7 heteroatoms. The van der Waals surface area contributed by atoms with Gasteiger partial charge >= 0.3 is 6.03 Å². The van der Waals surface area contributed by atoms with E-state index in [2.05, 4.69) is 10.6 Å². The molecule has 0 bridgehead atoms. The van der Waals surface area contributed by atoms with E-state index in [0.717, 1.165) is 11.1 Å². The number of nitrogens with one attached hydrogen (secondary N) is 2. The number of rotatable bonds is 6. The lowest BCUT2D eigenvalue weighted by Crippen LogP contribution is -2.28. The lowest BCUT2D eigenvalue weighted by Gasteiger charge is -2.16. The highest BCUT2D eigenvalue weighted by Crippen LogP contribution is 2.22. The fourth-order valence-electron chi connectivity index (χ4n) is 3.04. The average molecular weight is 366 g/mol. The second-order valence-electron chi connectivity index (χ2n) is 6.56. The smallest absolute Gasteiger partial charge is 0.312 e. The number of nitrogens with zero attached hydrogens (tertiary/aromatic N) is 1. The molecule has 27 heavy (non-hydrogen) atoms. The van der Waals surface area contributed by atoms with Crippen LogP contribution in [-0.2, 0) is 22.7 Å². The van der Waals surface area contributed by atoms with E-state index in [1.54, 1.807) is 29.2 Å². The minimum atomic E-state index is -0.585. The number of primary amides is 1. The monoisotopic (exact) mass is 366 g/mol. The molecule has 0 aliphatic carbocycles. The number of carbonyl (C=O) groups is 3. The molecule has 1 unspecified atom stereocenters. The number of benzene rings is 2. The topological polar surface area (TPSA) is 105 Å². The zero-order valence-corrected chi connectivity index (χ0v) is 14.9. The van der Waals surface area contributed by atoms with Crippen molar-refractivity contribution in [2.45, 2.75) is 19.5 Å². The second-order valence-corrected chi connectivity index (χ2v) is 6.56. The van der Waals surface area contributed by atoms with Crippen molar-refractivity contribution < 1.29 is 14.4 Å². The van der Waals surface area contributed by atoms with Crippen LogP contribution in [0.15, 0.2) is 54.6 Å². The Morgan fingerprint density at radius 3 is 2.41 bits per heavy atom. The third-order valence-electron chi connectivity index (χ3n) is 4.49. The van der Waals surface area contributed by atoms with Gasteiger partial charge < -0.3 is 21.3 Å². The molecule has 7 nitrogen and oxygen atoms in total. The van der Waals surface area contributed by atoms with E-state index in [9.17, 15) is 14.4 Å². The van der Waals surface area contributed by atoms with E-state index in [-0.39, 0.29) is 24.2 Å². The first-order chi connectivity index (χ1) is 13.0. The van der Waals surface area contributed by atoms with Crippen molar-refractivity contribution in [3.63, 3.8) is 0 Å². The SMILES string of the molecule is NC(=O)NCc1ccc(NC(=O)C2CC(=O)N(Cc3ccccc3)C2)cc1. The fraction of sp³-hybridized carbons (Fsp3) is 0.250. The number of carbonyl (C=O) groups excluding carboxylic acids is 3. The highest BCUT2D eigenvalue weighted by molar-refractivity contribution is 5.97. The molecule has 1 saturated heterocycles. The molecule has 2 aromatic carbocycles. The number of likely N-dealkylation sites (tertiary alicyclic amines) is 1. The molecule has 1 atom stereocenters. The van der Waals surface area contributed by atoms with E-state index in [1.807, 2.05) is 30.3 Å². The van der Waals surface area contributed by atoms with Gasteiger partial charge in [-0.25, -0.2) is 4.79 Å². The molecule has 3 rings (SSSR count). The molecular weight excluding hydrogens is 344 g/mol. The van der Waals surface area contributed by atoms with Crippen molar-refractivity contribution in [1.82, 2.24) is 10.2 Å². The van der Waals surface area contributed by atoms with Gasteiger partial charge in [-0.3, -0.25) is 9.59 Å². The summed E-state index contributed by atoms with van der Waals surface area (Å²) in [4.78, 5) is 37.2. The van der Waals surface area contributed by atoms with E-state index < -0.39 is 6.03 Å². The summed E-state index contributed by atoms with van der Waals surface area (Å²) < 4.78 is 0. The van der Waals surface area contributed by atoms with Crippen LogP contribution in [0.4, 0.5) is 10.5 Å². The molecular formula is C20H22N4O3. The van der Waals surface area contributed by atoms with Crippen LogP contribution in [0.25, 0.3) is 0 Å². The maximum atomic E-state index is 12.5. The third kappa shape index (κ3) is 5.07. The van der Waals surface area contributed by atoms with E-state index >= 15 is 0 Å². The van der Waals surface area contributed by atoms with E-state index in [4.69, 9.17) is 5.73 Å². The normalized spacial score (nSPS) is 16.2. The molecule has 1 heterocycles. The Labute approximate surface area is 157 Å². The van der Waals surface area contributed by atoms with Crippen LogP contribution in [0.5, 0.6) is 0 Å². The van der Waals surface area contributed by atoms with Crippen LogP contribution in [0, 0.1) is 5.92 Å². The second kappa shape index (κ2) is 8.35. The largest absolute Gasteiger partial charge is 0.352 e. The third-order valence-corrected chi connectivity index (χ3v) is 4.49. The van der Waals surface area contributed by atoms with Crippen molar-refractivity contribution in [2.75, 3.05) is 11.9 Å². The van der Waals surface area contributed by atoms with E-state index in [0.29, 0.717) is 25.3 Å². The molecule has 4 amide bonds. The molecule has 1 aliphatic heterocycles. The number of anilines is 1. The Morgan fingerprint density at radius 1 is 1.04 bits per heavy atom. The molecule has 0 saturated carbocycles. The lowest BCUT2D eigenvalue weighted by atomic mass is 10.1. The van der Waals surface area contributed by atoms with Gasteiger partial charge in [0.15, 0.2) is 0 Å². The highest BCUT2D eigenvalue weighted by atomic mass is 16.2. The van der Waals surface area contributed by atoms with Crippen molar-refractivity contribution in [2.24, 2.45) is 11.7 Å². The van der Waals surface area contributed by atoms with Crippen molar-refractivity contribution in [1.29, 1.82) is 0 Å². The summed E-state index contributed by atoms with van der Waals surface area (Å²) >= 11 is 0. The summed E-state index contributed by atoms with van der Waals surface area (Å²) in [5.41, 5.74) is 7.61. The average Bonchev–Trinajstić information content (AvgIpc) is 3.02. The zero-order chi connectivity index (χ0) is 19.2. The number of urea groups is 1. The Bertz CT molecular complexity index is 821. The summed E-state index contributed by atoms with van der Waals surface area (Å²) in [6.07, 6.45) is 0.222. The van der Waals surface area contributed by atoms with Gasteiger partial charge in [-0.05, 0) is 23.3 Å². The quantitative estimate of drug-likeness (QED) is 0.726. The standard InChI is InChI=1S/C20H22N4O3/c21-20(27)22-11-14-6-8-17(9-7-14)23-19(26)16-10-18(25)24(13-16)12-15-4-2-1-3-5-15/h1-9,16H,10-13H2,(H,23,26)(H3,21,22,27). The summed E-state index contributed by atoms with van der Waals surface area (Å²) in [6, 6.07) is 16.3. The van der Waals surface area contributed by atoms with Crippen LogP contribution in [0.2, 0.25) is 0 Å². The molecule has 0 radical (unpaired) electrons. The summed E-state index contributed by atoms with van der Waals surface area (Å²) in [5.74, 6) is -0.536. The Hall–Kier alpha value is -3.35. The van der Waals surface area contributed by atoms with Gasteiger partial charge in [0, 0.05) is 31.7 Å². The molecule has 2 aromatic rings. The Kier molecular flexibility index (Phi) is 5.71. The molecule has 140 valence electrons. The maximum Gasteiger partial charge on any atom is 0.312 e. The maximum absolute atomic E-state index is 12.5. The summed E-state index contributed by atoms with van der Waals surface area (Å²) in [6.45, 7) is 1.26. The van der Waals surface area contributed by atoms with Crippen LogP contribution < -0.4 is 16.4 Å². The van der Waals surface area contributed by atoms with Gasteiger partial charge in [0.2, 0.25) is 11.8 Å². The van der Waals surface area contributed by atoms with Gasteiger partial charge in [-0.1, -0.05) is 42.5 Å². The highest BCUT2D eigenvalue weighted by Gasteiger charge is 2.34. The van der Waals surface area contributed by atoms with Gasteiger partial charge in [0.1, 0.15) is 0 Å². The Balaban J connectivity index is 1.54. The molecule has 1 fully saturated rings. The fourth-order valence-corrected chi connectivity index (χ4v) is 3.04. The first-order valence-electron chi connectivity index (χ1n) is 8.76. The predicted octanol–water partition coefficient (Wildman–Crippen LogP) is 1.84. The van der Waals surface area contributed by atoms with E-state index in [1.165, 1.54) is 0 Å². The zero-order valence-electron chi connectivity index (χ0n) is 14.9. The summed E-state index contributed by atoms with van der Waals surface area (Å²) in [5, 5.41) is 5.36. The molecule has 0 aromatic heterocycles. The van der Waals surface area contributed by atoms with Gasteiger partial charge in [-0.2, -0.15) is 0 Å². The van der Waals surface area contributed by atoms with Gasteiger partial charge in [0.05, 0.1) is 5.92 Å². The van der Waals surface area contributed by atoms with Crippen LogP contribution in [0.1, 0.15) is 17.5 Å². The predicted molar refractivity (Wildman–Crippen MR) is 101 cm³/mol. The number of hydrogen-bond acceptors (Lipinski definition) is 3. The first kappa shape index (κ1) is 18.4. The van der Waals surface area contributed by atoms with Crippen molar-refractivity contribution >= 4 is 23.5 Å². The number of hydrogen-bond donors (Lipinski definition) is 3. The molecule has 4 N–H and O–H groups in total. The summed E-state index contributed by atoms with van der Waals surface area (Å²) in [7, 11) is 0. The lowest BCUT2D eigenvalue weighted by molar-refractivity contribution is -0.128. The molecule has 1 aliphatic rings. The van der Waals surface area contributed by atoms with Crippen molar-refractivity contribution in [3.05, 3.63) is 65.7 Å². The Morgan fingerprint density at radius 2 is 1.74 bits per heavy atom. The van der Waals surface area contributed by atoms with Gasteiger partial charge in [-0.15, -0.1) is 0 Å². The number of amides is 4. The minimum Gasteiger partial charge on any atom is -0.352 e. The van der Waals surface area contributed by atoms with Crippen molar-refractivity contribution in [3.8, 4) is 0 Å². The van der Waals surface area contributed by atoms with Crippen LogP contribution >= 0.6 is 0 Å². The minimum absolute atomic E-state index is 0.00752. The van der Waals surface area contributed by atoms with Crippen LogP contribution in [-0.4, -0.2) is 29.3 Å². The van der Waals surface area contributed by atoms with Crippen LogP contribution in [0.3, 0.4) is 0 Å².